The second-order valence-electron chi connectivity index (χ2n) is 6.76. The molecule has 3 rings (SSSR count). The molecule has 3 aromatic rings. The zero-order chi connectivity index (χ0) is 18.0. The summed E-state index contributed by atoms with van der Waals surface area (Å²) in [5.41, 5.74) is 11.8. The third-order valence-corrected chi connectivity index (χ3v) is 4.70. The van der Waals surface area contributed by atoms with Crippen molar-refractivity contribution in [2.45, 2.75) is 39.3 Å². The van der Waals surface area contributed by atoms with Crippen molar-refractivity contribution in [3.63, 3.8) is 0 Å². The number of H-pyrrole nitrogens is 1. The Bertz CT molecular complexity index is 897. The van der Waals surface area contributed by atoms with Crippen LogP contribution in [0.3, 0.4) is 0 Å². The first-order valence-corrected chi connectivity index (χ1v) is 8.64. The van der Waals surface area contributed by atoms with Crippen LogP contribution in [0.15, 0.2) is 48.7 Å². The van der Waals surface area contributed by atoms with E-state index in [9.17, 15) is 4.79 Å². The number of nitrogens with two attached hydrogens (primary N) is 1. The number of hydrogen-bond acceptors (Lipinski definition) is 2. The van der Waals surface area contributed by atoms with Crippen LogP contribution >= 0.6 is 0 Å². The summed E-state index contributed by atoms with van der Waals surface area (Å²) in [7, 11) is 0. The van der Waals surface area contributed by atoms with Crippen LogP contribution in [0.4, 0.5) is 0 Å². The van der Waals surface area contributed by atoms with Gasteiger partial charge in [0.25, 0.3) is 0 Å². The summed E-state index contributed by atoms with van der Waals surface area (Å²) < 4.78 is 0. The Kier molecular flexibility index (Phi) is 4.91. The number of para-hydroxylation sites is 1. The summed E-state index contributed by atoms with van der Waals surface area (Å²) in [6.07, 6.45) is 2.45. The molecule has 2 atom stereocenters. The molecule has 0 saturated carbocycles. The van der Waals surface area contributed by atoms with Crippen molar-refractivity contribution in [3.8, 4) is 0 Å². The molecule has 0 radical (unpaired) electrons. The fourth-order valence-electron chi connectivity index (χ4n) is 3.34. The van der Waals surface area contributed by atoms with E-state index in [1.54, 1.807) is 0 Å². The van der Waals surface area contributed by atoms with Gasteiger partial charge in [0.2, 0.25) is 5.91 Å². The van der Waals surface area contributed by atoms with E-state index < -0.39 is 6.04 Å². The molecule has 0 fully saturated rings. The Hall–Kier alpha value is -2.59. The average molecular weight is 335 g/mol. The van der Waals surface area contributed by atoms with Gasteiger partial charge in [-0.15, -0.1) is 0 Å². The molecule has 0 aliphatic heterocycles. The van der Waals surface area contributed by atoms with Gasteiger partial charge < -0.3 is 16.0 Å². The minimum absolute atomic E-state index is 0.0675. The van der Waals surface area contributed by atoms with E-state index in [1.165, 1.54) is 11.1 Å². The molecule has 2 aromatic carbocycles. The van der Waals surface area contributed by atoms with Crippen molar-refractivity contribution in [1.82, 2.24) is 10.3 Å². The molecule has 130 valence electrons. The third-order valence-electron chi connectivity index (χ3n) is 4.70. The summed E-state index contributed by atoms with van der Waals surface area (Å²) >= 11 is 0. The van der Waals surface area contributed by atoms with Crippen LogP contribution in [-0.2, 0) is 11.2 Å². The topological polar surface area (TPSA) is 70.9 Å². The lowest BCUT2D eigenvalue weighted by molar-refractivity contribution is -0.123. The molecule has 4 nitrogen and oxygen atoms in total. The quantitative estimate of drug-likeness (QED) is 0.667. The van der Waals surface area contributed by atoms with Gasteiger partial charge in [0.15, 0.2) is 0 Å². The minimum atomic E-state index is -0.576. The van der Waals surface area contributed by atoms with E-state index in [0.29, 0.717) is 6.42 Å². The fraction of sp³-hybridized carbons (Fsp3) is 0.286. The zero-order valence-corrected chi connectivity index (χ0v) is 15.0. The highest BCUT2D eigenvalue weighted by atomic mass is 16.2. The van der Waals surface area contributed by atoms with E-state index in [0.717, 1.165) is 22.0 Å². The standard InChI is InChI=1S/C21H25N3O/c1-13-8-9-17(14(2)10-13)15(3)24-21(25)19(22)11-16-12-23-20-7-5-4-6-18(16)20/h4-10,12,15,19,23H,11,22H2,1-3H3,(H,24,25)/t15?,19-/m0/s1. The van der Waals surface area contributed by atoms with Gasteiger partial charge in [-0.1, -0.05) is 42.0 Å². The predicted octanol–water partition coefficient (Wildman–Crippen LogP) is 3.53. The smallest absolute Gasteiger partial charge is 0.237 e. The predicted molar refractivity (Wildman–Crippen MR) is 102 cm³/mol. The molecule has 25 heavy (non-hydrogen) atoms. The van der Waals surface area contributed by atoms with Crippen LogP contribution in [0.5, 0.6) is 0 Å². The van der Waals surface area contributed by atoms with Crippen molar-refractivity contribution in [3.05, 3.63) is 70.9 Å². The lowest BCUT2D eigenvalue weighted by Gasteiger charge is -2.19. The van der Waals surface area contributed by atoms with Crippen LogP contribution in [-0.4, -0.2) is 16.9 Å². The number of benzene rings is 2. The van der Waals surface area contributed by atoms with Crippen LogP contribution in [0.25, 0.3) is 10.9 Å². The third kappa shape index (κ3) is 3.74. The maximum Gasteiger partial charge on any atom is 0.237 e. The molecule has 0 aliphatic rings. The van der Waals surface area contributed by atoms with Crippen molar-refractivity contribution < 1.29 is 4.79 Å². The number of rotatable bonds is 5. The van der Waals surface area contributed by atoms with Crippen molar-refractivity contribution in [2.24, 2.45) is 5.73 Å². The number of nitrogens with one attached hydrogen (secondary N) is 2. The SMILES string of the molecule is Cc1ccc(C(C)NC(=O)[C@@H](N)Cc2c[nH]c3ccccc23)c(C)c1. The number of aromatic amines is 1. The molecule has 1 aromatic heterocycles. The van der Waals surface area contributed by atoms with E-state index in [4.69, 9.17) is 5.73 Å². The first kappa shape index (κ1) is 17.2. The normalized spacial score (nSPS) is 13.6. The molecule has 0 bridgehead atoms. The summed E-state index contributed by atoms with van der Waals surface area (Å²) in [6, 6.07) is 13.7. The van der Waals surface area contributed by atoms with Crippen LogP contribution in [0.2, 0.25) is 0 Å². The van der Waals surface area contributed by atoms with Gasteiger partial charge >= 0.3 is 0 Å². The van der Waals surface area contributed by atoms with Gasteiger partial charge in [-0.25, -0.2) is 0 Å². The first-order chi connectivity index (χ1) is 12.0. The second kappa shape index (κ2) is 7.11. The Morgan fingerprint density at radius 2 is 1.96 bits per heavy atom. The highest BCUT2D eigenvalue weighted by molar-refractivity contribution is 5.86. The zero-order valence-electron chi connectivity index (χ0n) is 15.0. The van der Waals surface area contributed by atoms with E-state index in [2.05, 4.69) is 42.3 Å². The van der Waals surface area contributed by atoms with Crippen molar-refractivity contribution in [2.75, 3.05) is 0 Å². The van der Waals surface area contributed by atoms with E-state index in [1.807, 2.05) is 37.4 Å². The lowest BCUT2D eigenvalue weighted by atomic mass is 9.99. The monoisotopic (exact) mass is 335 g/mol. The van der Waals surface area contributed by atoms with Crippen LogP contribution < -0.4 is 11.1 Å². The van der Waals surface area contributed by atoms with Gasteiger partial charge in [-0.05, 0) is 49.9 Å². The summed E-state index contributed by atoms with van der Waals surface area (Å²) in [4.78, 5) is 15.7. The maximum atomic E-state index is 12.5. The summed E-state index contributed by atoms with van der Waals surface area (Å²) in [5.74, 6) is -0.127. The van der Waals surface area contributed by atoms with E-state index in [-0.39, 0.29) is 11.9 Å². The highest BCUT2D eigenvalue weighted by Crippen LogP contribution is 2.20. The molecule has 0 aliphatic carbocycles. The van der Waals surface area contributed by atoms with Crippen LogP contribution in [0.1, 0.15) is 35.2 Å². The number of fused-ring (bicyclic) bond motifs is 1. The van der Waals surface area contributed by atoms with Crippen molar-refractivity contribution in [1.29, 1.82) is 0 Å². The molecular formula is C21H25N3O. The van der Waals surface area contributed by atoms with Crippen LogP contribution in [0, 0.1) is 13.8 Å². The average Bonchev–Trinajstić information content (AvgIpc) is 2.97. The van der Waals surface area contributed by atoms with Gasteiger partial charge in [-0.3, -0.25) is 4.79 Å². The lowest BCUT2D eigenvalue weighted by Crippen LogP contribution is -2.43. The molecule has 1 amide bonds. The fourth-order valence-corrected chi connectivity index (χ4v) is 3.34. The Morgan fingerprint density at radius 3 is 2.72 bits per heavy atom. The molecule has 1 unspecified atom stereocenters. The second-order valence-corrected chi connectivity index (χ2v) is 6.76. The van der Waals surface area contributed by atoms with Gasteiger partial charge in [0.1, 0.15) is 0 Å². The minimum Gasteiger partial charge on any atom is -0.361 e. The maximum absolute atomic E-state index is 12.5. The number of aromatic nitrogens is 1. The molecule has 1 heterocycles. The van der Waals surface area contributed by atoms with Gasteiger partial charge in [-0.2, -0.15) is 0 Å². The van der Waals surface area contributed by atoms with Gasteiger partial charge in [0, 0.05) is 17.1 Å². The Labute approximate surface area is 148 Å². The van der Waals surface area contributed by atoms with Gasteiger partial charge in [0.05, 0.1) is 12.1 Å². The number of hydrogen-bond donors (Lipinski definition) is 3. The molecule has 4 N–H and O–H groups in total. The largest absolute Gasteiger partial charge is 0.361 e. The number of carbonyl (C=O) groups is 1. The first-order valence-electron chi connectivity index (χ1n) is 8.64. The number of amides is 1. The Morgan fingerprint density at radius 1 is 1.20 bits per heavy atom. The highest BCUT2D eigenvalue weighted by Gasteiger charge is 2.19. The molecular weight excluding hydrogens is 310 g/mol. The van der Waals surface area contributed by atoms with Crippen molar-refractivity contribution >= 4 is 16.8 Å². The van der Waals surface area contributed by atoms with E-state index >= 15 is 0 Å². The Balaban J connectivity index is 1.68. The molecule has 0 saturated heterocycles. The molecule has 0 spiro atoms. The number of carbonyl (C=O) groups excluding carboxylic acids is 1. The number of aryl methyl sites for hydroxylation is 2. The molecule has 4 heteroatoms. The summed E-state index contributed by atoms with van der Waals surface area (Å²) in [6.45, 7) is 6.13. The summed E-state index contributed by atoms with van der Waals surface area (Å²) in [5, 5.41) is 4.16.